The minimum atomic E-state index is -3.82. The van der Waals surface area contributed by atoms with E-state index < -0.39 is 21.8 Å². The van der Waals surface area contributed by atoms with Gasteiger partial charge in [0, 0.05) is 18.7 Å². The Hall–Kier alpha value is -0.900. The summed E-state index contributed by atoms with van der Waals surface area (Å²) in [6.45, 7) is 0.806. The van der Waals surface area contributed by atoms with Gasteiger partial charge >= 0.3 is 5.97 Å². The molecule has 0 spiro atoms. The molecule has 0 aliphatic carbocycles. The number of aromatic carboxylic acids is 1. The molecule has 1 atom stereocenters. The maximum Gasteiger partial charge on any atom is 0.371 e. The highest BCUT2D eigenvalue weighted by Crippen LogP contribution is 2.26. The van der Waals surface area contributed by atoms with Crippen molar-refractivity contribution in [3.63, 3.8) is 0 Å². The number of rotatable bonds is 4. The third-order valence-corrected chi connectivity index (χ3v) is 4.78. The zero-order valence-corrected chi connectivity index (χ0v) is 11.5. The molecule has 1 fully saturated rings. The summed E-state index contributed by atoms with van der Waals surface area (Å²) in [5.74, 6) is -1.77. The van der Waals surface area contributed by atoms with Crippen molar-refractivity contribution in [2.45, 2.75) is 17.4 Å². The van der Waals surface area contributed by atoms with Crippen LogP contribution in [-0.2, 0) is 14.8 Å². The first-order chi connectivity index (χ1) is 8.40. The summed E-state index contributed by atoms with van der Waals surface area (Å²) >= 11 is 2.89. The SMILES string of the molecule is O=C(O)c1cc(S(=O)(=O)NC2CCOC2)c(Br)o1. The molecule has 1 aliphatic rings. The number of furan rings is 1. The van der Waals surface area contributed by atoms with Gasteiger partial charge in [0.15, 0.2) is 4.67 Å². The monoisotopic (exact) mass is 339 g/mol. The summed E-state index contributed by atoms with van der Waals surface area (Å²) in [5, 5.41) is 8.72. The first-order valence-corrected chi connectivity index (χ1v) is 7.30. The highest BCUT2D eigenvalue weighted by atomic mass is 79.9. The van der Waals surface area contributed by atoms with Crippen molar-refractivity contribution in [3.8, 4) is 0 Å². The minimum absolute atomic E-state index is 0.133. The number of carbonyl (C=O) groups is 1. The predicted octanol–water partition coefficient (Wildman–Crippen LogP) is 0.807. The van der Waals surface area contributed by atoms with Crippen LogP contribution in [0.15, 0.2) is 20.0 Å². The van der Waals surface area contributed by atoms with Crippen molar-refractivity contribution in [2.24, 2.45) is 0 Å². The van der Waals surface area contributed by atoms with Gasteiger partial charge in [0.1, 0.15) is 4.90 Å². The molecular formula is C9H10BrNO6S. The van der Waals surface area contributed by atoms with E-state index in [4.69, 9.17) is 14.3 Å². The largest absolute Gasteiger partial charge is 0.475 e. The quantitative estimate of drug-likeness (QED) is 0.840. The van der Waals surface area contributed by atoms with E-state index >= 15 is 0 Å². The molecule has 2 rings (SSSR count). The second-order valence-electron chi connectivity index (χ2n) is 3.74. The minimum Gasteiger partial charge on any atom is -0.475 e. The van der Waals surface area contributed by atoms with Crippen LogP contribution >= 0.6 is 15.9 Å². The molecule has 1 aliphatic heterocycles. The zero-order valence-electron chi connectivity index (χ0n) is 9.05. The highest BCUT2D eigenvalue weighted by molar-refractivity contribution is 9.10. The van der Waals surface area contributed by atoms with Crippen molar-refractivity contribution < 1.29 is 27.5 Å². The molecule has 1 aromatic heterocycles. The lowest BCUT2D eigenvalue weighted by molar-refractivity contribution is 0.0661. The van der Waals surface area contributed by atoms with Crippen LogP contribution in [0.3, 0.4) is 0 Å². The first-order valence-electron chi connectivity index (χ1n) is 5.03. The van der Waals surface area contributed by atoms with Crippen molar-refractivity contribution in [2.75, 3.05) is 13.2 Å². The highest BCUT2D eigenvalue weighted by Gasteiger charge is 2.28. The Morgan fingerprint density at radius 3 is 2.78 bits per heavy atom. The van der Waals surface area contributed by atoms with Gasteiger partial charge in [-0.2, -0.15) is 0 Å². The molecular weight excluding hydrogens is 330 g/mol. The van der Waals surface area contributed by atoms with E-state index in [2.05, 4.69) is 20.7 Å². The third-order valence-electron chi connectivity index (χ3n) is 2.41. The fourth-order valence-corrected chi connectivity index (χ4v) is 3.75. The van der Waals surface area contributed by atoms with Gasteiger partial charge in [-0.05, 0) is 22.4 Å². The Kier molecular flexibility index (Phi) is 3.76. The number of halogens is 1. The molecule has 0 amide bonds. The smallest absolute Gasteiger partial charge is 0.371 e. The van der Waals surface area contributed by atoms with E-state index in [1.165, 1.54) is 0 Å². The van der Waals surface area contributed by atoms with Crippen LogP contribution in [0, 0.1) is 0 Å². The van der Waals surface area contributed by atoms with Crippen molar-refractivity contribution >= 4 is 31.9 Å². The fourth-order valence-electron chi connectivity index (χ4n) is 1.55. The number of sulfonamides is 1. The molecule has 0 bridgehead atoms. The number of hydrogen-bond acceptors (Lipinski definition) is 5. The normalized spacial score (nSPS) is 20.2. The Bertz CT molecular complexity index is 560. The van der Waals surface area contributed by atoms with Gasteiger partial charge in [-0.3, -0.25) is 0 Å². The van der Waals surface area contributed by atoms with E-state index in [1.807, 2.05) is 0 Å². The lowest BCUT2D eigenvalue weighted by Crippen LogP contribution is -2.34. The summed E-state index contributed by atoms with van der Waals surface area (Å²) in [4.78, 5) is 10.5. The molecule has 7 nitrogen and oxygen atoms in total. The topological polar surface area (TPSA) is 106 Å². The molecule has 18 heavy (non-hydrogen) atoms. The van der Waals surface area contributed by atoms with Gasteiger partial charge in [0.25, 0.3) is 0 Å². The van der Waals surface area contributed by atoms with E-state index in [9.17, 15) is 13.2 Å². The maximum atomic E-state index is 12.0. The van der Waals surface area contributed by atoms with Crippen molar-refractivity contribution in [3.05, 3.63) is 16.5 Å². The summed E-state index contributed by atoms with van der Waals surface area (Å²) in [6.07, 6.45) is 0.584. The molecule has 9 heteroatoms. The van der Waals surface area contributed by atoms with E-state index in [-0.39, 0.29) is 15.6 Å². The lowest BCUT2D eigenvalue weighted by Gasteiger charge is -2.09. The Morgan fingerprint density at radius 2 is 2.28 bits per heavy atom. The second-order valence-corrected chi connectivity index (χ2v) is 6.14. The predicted molar refractivity (Wildman–Crippen MR) is 62.9 cm³/mol. The van der Waals surface area contributed by atoms with Gasteiger partial charge in [0.2, 0.25) is 15.8 Å². The summed E-state index contributed by atoms with van der Waals surface area (Å²) in [5.41, 5.74) is 0. The van der Waals surface area contributed by atoms with Crippen LogP contribution in [0.5, 0.6) is 0 Å². The molecule has 2 heterocycles. The zero-order chi connectivity index (χ0) is 13.3. The van der Waals surface area contributed by atoms with Gasteiger partial charge < -0.3 is 14.3 Å². The van der Waals surface area contributed by atoms with Crippen LogP contribution in [0.1, 0.15) is 17.0 Å². The standard InChI is InChI=1S/C9H10BrNO6S/c10-8-7(3-6(17-8)9(12)13)18(14,15)11-5-1-2-16-4-5/h3,5,11H,1-2,4H2,(H,12,13). The average molecular weight is 340 g/mol. The first kappa shape index (κ1) is 13.5. The number of nitrogens with one attached hydrogen (secondary N) is 1. The van der Waals surface area contributed by atoms with Gasteiger partial charge in [-0.1, -0.05) is 0 Å². The average Bonchev–Trinajstić information content (AvgIpc) is 2.86. The third kappa shape index (κ3) is 2.74. The van der Waals surface area contributed by atoms with Crippen LogP contribution in [0.2, 0.25) is 0 Å². The van der Waals surface area contributed by atoms with Gasteiger partial charge in [0.05, 0.1) is 6.61 Å². The molecule has 2 N–H and O–H groups in total. The molecule has 1 aromatic rings. The lowest BCUT2D eigenvalue weighted by atomic mass is 10.3. The van der Waals surface area contributed by atoms with E-state index in [0.717, 1.165) is 6.07 Å². The van der Waals surface area contributed by atoms with Crippen molar-refractivity contribution in [1.82, 2.24) is 4.72 Å². The summed E-state index contributed by atoms with van der Waals surface area (Å²) < 4.78 is 36.1. The van der Waals surface area contributed by atoms with Crippen molar-refractivity contribution in [1.29, 1.82) is 0 Å². The van der Waals surface area contributed by atoms with Gasteiger partial charge in [-0.25, -0.2) is 17.9 Å². The van der Waals surface area contributed by atoms with Crippen LogP contribution < -0.4 is 4.72 Å². The van der Waals surface area contributed by atoms with E-state index in [0.29, 0.717) is 19.6 Å². The fraction of sp³-hybridized carbons (Fsp3) is 0.444. The molecule has 0 saturated carbocycles. The number of ether oxygens (including phenoxy) is 1. The Labute approximate surface area is 111 Å². The van der Waals surface area contributed by atoms with Crippen LogP contribution in [-0.4, -0.2) is 38.7 Å². The summed E-state index contributed by atoms with van der Waals surface area (Å²) in [7, 11) is -3.82. The van der Waals surface area contributed by atoms with E-state index in [1.54, 1.807) is 0 Å². The number of carboxylic acids is 1. The van der Waals surface area contributed by atoms with Crippen LogP contribution in [0.25, 0.3) is 0 Å². The van der Waals surface area contributed by atoms with Crippen LogP contribution in [0.4, 0.5) is 0 Å². The Balaban J connectivity index is 2.26. The maximum absolute atomic E-state index is 12.0. The molecule has 0 aromatic carbocycles. The summed E-state index contributed by atoms with van der Waals surface area (Å²) in [6, 6.07) is 0.662. The van der Waals surface area contributed by atoms with Gasteiger partial charge in [-0.15, -0.1) is 0 Å². The molecule has 100 valence electrons. The number of carboxylic acid groups (broad SMARTS) is 1. The molecule has 1 saturated heterocycles. The Morgan fingerprint density at radius 1 is 1.56 bits per heavy atom. The molecule has 0 radical (unpaired) electrons. The number of hydrogen-bond donors (Lipinski definition) is 2. The molecule has 1 unspecified atom stereocenters. The second kappa shape index (κ2) is 5.00.